The number of rotatable bonds is 4. The van der Waals surface area contributed by atoms with Crippen LogP contribution in [0.3, 0.4) is 0 Å². The van der Waals surface area contributed by atoms with Gasteiger partial charge in [-0.15, -0.1) is 0 Å². The normalized spacial score (nSPS) is 10.9. The summed E-state index contributed by atoms with van der Waals surface area (Å²) in [5.41, 5.74) is 0.249. The number of Topliss-reactive ketones (excluding diaryl/α,β-unsaturated/α-hetero) is 1. The first kappa shape index (κ1) is 12.4. The summed E-state index contributed by atoms with van der Waals surface area (Å²) in [5.74, 6) is -0.625. The summed E-state index contributed by atoms with van der Waals surface area (Å²) in [6, 6.07) is 9.42. The van der Waals surface area contributed by atoms with Gasteiger partial charge in [0.05, 0.1) is 7.11 Å². The van der Waals surface area contributed by atoms with Crippen LogP contribution >= 0.6 is 0 Å². The van der Waals surface area contributed by atoms with Gasteiger partial charge in [-0.25, -0.2) is 0 Å². The fraction of sp³-hybridized carbons (Fsp3) is 0.385. The van der Waals surface area contributed by atoms with Crippen molar-refractivity contribution in [3.8, 4) is 0 Å². The predicted molar refractivity (Wildman–Crippen MR) is 61.1 cm³/mol. The van der Waals surface area contributed by atoms with Crippen molar-refractivity contribution in [3.63, 3.8) is 0 Å². The SMILES string of the molecule is COC(=O)CC(=O)C(C)(C)c1ccccc1. The summed E-state index contributed by atoms with van der Waals surface area (Å²) in [5, 5.41) is 0. The van der Waals surface area contributed by atoms with E-state index >= 15 is 0 Å². The molecule has 0 aromatic heterocycles. The quantitative estimate of drug-likeness (QED) is 0.576. The van der Waals surface area contributed by atoms with Crippen LogP contribution < -0.4 is 0 Å². The number of hydrogen-bond donors (Lipinski definition) is 0. The third-order valence-electron chi connectivity index (χ3n) is 2.73. The van der Waals surface area contributed by atoms with Crippen LogP contribution in [0.5, 0.6) is 0 Å². The summed E-state index contributed by atoms with van der Waals surface area (Å²) in [6.07, 6.45) is -0.182. The van der Waals surface area contributed by atoms with Crippen molar-refractivity contribution in [2.75, 3.05) is 7.11 Å². The van der Waals surface area contributed by atoms with Gasteiger partial charge in [0.15, 0.2) is 5.78 Å². The van der Waals surface area contributed by atoms with Gasteiger partial charge in [0, 0.05) is 5.41 Å². The van der Waals surface area contributed by atoms with Crippen LogP contribution in [0.15, 0.2) is 30.3 Å². The Bertz CT molecular complexity index is 379. The minimum absolute atomic E-state index is 0.134. The van der Waals surface area contributed by atoms with Crippen LogP contribution in [0.1, 0.15) is 25.8 Å². The number of ether oxygens (including phenoxy) is 1. The third kappa shape index (κ3) is 2.69. The summed E-state index contributed by atoms with van der Waals surface area (Å²) in [6.45, 7) is 3.63. The average Bonchev–Trinajstić information content (AvgIpc) is 2.29. The standard InChI is InChI=1S/C13H16O3/c1-13(2,10-7-5-4-6-8-10)11(14)9-12(15)16-3/h4-8H,9H2,1-3H3. The van der Waals surface area contributed by atoms with E-state index in [1.165, 1.54) is 7.11 Å². The highest BCUT2D eigenvalue weighted by Gasteiger charge is 2.30. The van der Waals surface area contributed by atoms with E-state index < -0.39 is 11.4 Å². The molecule has 0 aliphatic carbocycles. The lowest BCUT2D eigenvalue weighted by molar-refractivity contribution is -0.144. The van der Waals surface area contributed by atoms with E-state index in [4.69, 9.17) is 0 Å². The van der Waals surface area contributed by atoms with E-state index in [1.54, 1.807) is 0 Å². The fourth-order valence-corrected chi connectivity index (χ4v) is 1.44. The molecule has 0 spiro atoms. The first-order valence-electron chi connectivity index (χ1n) is 5.14. The maximum Gasteiger partial charge on any atom is 0.313 e. The molecule has 1 aromatic rings. The minimum Gasteiger partial charge on any atom is -0.469 e. The Kier molecular flexibility index (Phi) is 3.82. The third-order valence-corrected chi connectivity index (χ3v) is 2.73. The van der Waals surface area contributed by atoms with E-state index in [-0.39, 0.29) is 12.2 Å². The molecule has 0 heterocycles. The minimum atomic E-state index is -0.657. The zero-order valence-corrected chi connectivity index (χ0v) is 9.82. The highest BCUT2D eigenvalue weighted by Crippen LogP contribution is 2.25. The average molecular weight is 220 g/mol. The van der Waals surface area contributed by atoms with Gasteiger partial charge in [0.25, 0.3) is 0 Å². The maximum absolute atomic E-state index is 11.9. The molecule has 3 nitrogen and oxygen atoms in total. The monoisotopic (exact) mass is 220 g/mol. The summed E-state index contributed by atoms with van der Waals surface area (Å²) >= 11 is 0. The molecule has 0 amide bonds. The molecule has 3 heteroatoms. The molecule has 0 N–H and O–H groups in total. The van der Waals surface area contributed by atoms with Crippen LogP contribution in [-0.4, -0.2) is 18.9 Å². The molecular weight excluding hydrogens is 204 g/mol. The number of carbonyl (C=O) groups excluding carboxylic acids is 2. The highest BCUT2D eigenvalue weighted by molar-refractivity contribution is 6.01. The van der Waals surface area contributed by atoms with E-state index in [0.29, 0.717) is 0 Å². The molecule has 0 unspecified atom stereocenters. The van der Waals surface area contributed by atoms with Crippen molar-refractivity contribution >= 4 is 11.8 Å². The van der Waals surface area contributed by atoms with Gasteiger partial charge < -0.3 is 4.74 Å². The van der Waals surface area contributed by atoms with Gasteiger partial charge in [-0.05, 0) is 19.4 Å². The van der Waals surface area contributed by atoms with Crippen molar-refractivity contribution in [3.05, 3.63) is 35.9 Å². The summed E-state index contributed by atoms with van der Waals surface area (Å²) < 4.78 is 4.49. The molecule has 0 saturated carbocycles. The fourth-order valence-electron chi connectivity index (χ4n) is 1.44. The van der Waals surface area contributed by atoms with Crippen LogP contribution in [0.4, 0.5) is 0 Å². The zero-order valence-electron chi connectivity index (χ0n) is 9.82. The Morgan fingerprint density at radius 2 is 1.75 bits per heavy atom. The van der Waals surface area contributed by atoms with Crippen molar-refractivity contribution < 1.29 is 14.3 Å². The first-order valence-corrected chi connectivity index (χ1v) is 5.14. The second-order valence-corrected chi connectivity index (χ2v) is 4.17. The largest absolute Gasteiger partial charge is 0.469 e. The van der Waals surface area contributed by atoms with E-state index in [2.05, 4.69) is 4.74 Å². The number of benzene rings is 1. The summed E-state index contributed by atoms with van der Waals surface area (Å²) in [7, 11) is 1.28. The zero-order chi connectivity index (χ0) is 12.2. The lowest BCUT2D eigenvalue weighted by Gasteiger charge is -2.23. The smallest absolute Gasteiger partial charge is 0.313 e. The predicted octanol–water partition coefficient (Wildman–Crippen LogP) is 2.10. The van der Waals surface area contributed by atoms with Gasteiger partial charge in [-0.1, -0.05) is 30.3 Å². The Morgan fingerprint density at radius 1 is 1.19 bits per heavy atom. The number of ketones is 1. The van der Waals surface area contributed by atoms with Gasteiger partial charge in [0.2, 0.25) is 0 Å². The molecule has 0 fully saturated rings. The Labute approximate surface area is 95.4 Å². The Hall–Kier alpha value is -1.64. The lowest BCUT2D eigenvalue weighted by atomic mass is 9.79. The van der Waals surface area contributed by atoms with Crippen molar-refractivity contribution in [2.24, 2.45) is 0 Å². The molecule has 0 aliphatic rings. The molecule has 1 rings (SSSR count). The second-order valence-electron chi connectivity index (χ2n) is 4.17. The van der Waals surface area contributed by atoms with Crippen LogP contribution in [-0.2, 0) is 19.7 Å². The molecule has 16 heavy (non-hydrogen) atoms. The number of carbonyl (C=O) groups is 2. The van der Waals surface area contributed by atoms with Crippen molar-refractivity contribution in [2.45, 2.75) is 25.7 Å². The van der Waals surface area contributed by atoms with E-state index in [0.717, 1.165) is 5.56 Å². The first-order chi connectivity index (χ1) is 7.48. The molecule has 0 saturated heterocycles. The van der Waals surface area contributed by atoms with Crippen LogP contribution in [0.2, 0.25) is 0 Å². The molecular formula is C13H16O3. The van der Waals surface area contributed by atoms with Gasteiger partial charge in [-0.2, -0.15) is 0 Å². The molecule has 0 bridgehead atoms. The number of esters is 1. The lowest BCUT2D eigenvalue weighted by Crippen LogP contribution is -2.31. The topological polar surface area (TPSA) is 43.4 Å². The number of hydrogen-bond acceptors (Lipinski definition) is 3. The molecule has 1 aromatic carbocycles. The van der Waals surface area contributed by atoms with Crippen LogP contribution in [0, 0.1) is 0 Å². The Morgan fingerprint density at radius 3 is 2.25 bits per heavy atom. The maximum atomic E-state index is 11.9. The summed E-state index contributed by atoms with van der Waals surface area (Å²) in [4.78, 5) is 23.0. The van der Waals surface area contributed by atoms with Crippen molar-refractivity contribution in [1.82, 2.24) is 0 Å². The Balaban J connectivity index is 2.86. The number of methoxy groups -OCH3 is 1. The van der Waals surface area contributed by atoms with E-state index in [9.17, 15) is 9.59 Å². The van der Waals surface area contributed by atoms with Gasteiger partial charge in [0.1, 0.15) is 6.42 Å². The van der Waals surface area contributed by atoms with Gasteiger partial charge >= 0.3 is 5.97 Å². The van der Waals surface area contributed by atoms with E-state index in [1.807, 2.05) is 44.2 Å². The molecule has 0 radical (unpaired) electrons. The van der Waals surface area contributed by atoms with Crippen LogP contribution in [0.25, 0.3) is 0 Å². The molecule has 0 aliphatic heterocycles. The van der Waals surface area contributed by atoms with Crippen molar-refractivity contribution in [1.29, 1.82) is 0 Å². The molecule has 0 atom stereocenters. The molecule has 86 valence electrons. The van der Waals surface area contributed by atoms with Gasteiger partial charge in [-0.3, -0.25) is 9.59 Å². The highest BCUT2D eigenvalue weighted by atomic mass is 16.5. The second kappa shape index (κ2) is 4.92.